The summed E-state index contributed by atoms with van der Waals surface area (Å²) in [5, 5.41) is 19.9. The number of aromatic carboxylic acids is 1. The highest BCUT2D eigenvalue weighted by Gasteiger charge is 2.39. The van der Waals surface area contributed by atoms with E-state index in [9.17, 15) is 19.5 Å². The number of amides is 2. The highest BCUT2D eigenvalue weighted by atomic mass is 35.5. The van der Waals surface area contributed by atoms with E-state index in [1.807, 2.05) is 30.3 Å². The fourth-order valence-electron chi connectivity index (χ4n) is 3.72. The van der Waals surface area contributed by atoms with Crippen LogP contribution < -0.4 is 4.90 Å². The van der Waals surface area contributed by atoms with Crippen LogP contribution in [0.2, 0.25) is 5.02 Å². The van der Waals surface area contributed by atoms with Gasteiger partial charge in [-0.25, -0.2) is 9.69 Å². The number of hydrogen-bond donors (Lipinski definition) is 2. The van der Waals surface area contributed by atoms with E-state index in [0.29, 0.717) is 16.8 Å². The van der Waals surface area contributed by atoms with E-state index >= 15 is 0 Å². The topological polar surface area (TPSA) is 116 Å². The van der Waals surface area contributed by atoms with Crippen LogP contribution >= 0.6 is 11.6 Å². The molecule has 1 aliphatic rings. The van der Waals surface area contributed by atoms with Crippen LogP contribution in [0.4, 0.5) is 5.69 Å². The third kappa shape index (κ3) is 3.05. The molecule has 3 aromatic carbocycles. The van der Waals surface area contributed by atoms with Crippen molar-refractivity contribution in [2.24, 2.45) is 0 Å². The molecule has 1 aromatic heterocycles. The lowest BCUT2D eigenvalue weighted by atomic mass is 10.0. The van der Waals surface area contributed by atoms with Crippen LogP contribution in [0.5, 0.6) is 0 Å². The molecule has 0 saturated heterocycles. The average Bonchev–Trinajstić information content (AvgIpc) is 3.41. The van der Waals surface area contributed by atoms with Crippen LogP contribution in [0.15, 0.2) is 66.9 Å². The second-order valence-electron chi connectivity index (χ2n) is 7.10. The number of H-pyrrole nitrogens is 1. The predicted octanol–water partition coefficient (Wildman–Crippen LogP) is 4.29. The van der Waals surface area contributed by atoms with Crippen LogP contribution in [-0.4, -0.2) is 38.3 Å². The number of rotatable bonds is 4. The van der Waals surface area contributed by atoms with Crippen molar-refractivity contribution in [2.75, 3.05) is 4.90 Å². The molecule has 0 fully saturated rings. The fraction of sp³-hybridized carbons (Fsp3) is 0. The van der Waals surface area contributed by atoms with E-state index in [0.717, 1.165) is 10.5 Å². The number of carboxylic acids is 1. The molecule has 0 bridgehead atoms. The van der Waals surface area contributed by atoms with E-state index < -0.39 is 17.8 Å². The maximum absolute atomic E-state index is 13.3. The molecule has 9 heteroatoms. The van der Waals surface area contributed by atoms with Crippen molar-refractivity contribution in [3.63, 3.8) is 0 Å². The maximum atomic E-state index is 13.3. The number of anilines is 1. The van der Waals surface area contributed by atoms with Crippen LogP contribution in [-0.2, 0) is 0 Å². The third-order valence-electron chi connectivity index (χ3n) is 5.26. The highest BCUT2D eigenvalue weighted by molar-refractivity contribution is 6.38. The van der Waals surface area contributed by atoms with Gasteiger partial charge in [0.15, 0.2) is 0 Å². The normalized spacial score (nSPS) is 12.8. The van der Waals surface area contributed by atoms with Gasteiger partial charge in [0.25, 0.3) is 11.8 Å². The molecular weight excluding hydrogens is 432 g/mol. The van der Waals surface area contributed by atoms with Crippen molar-refractivity contribution in [1.82, 2.24) is 15.4 Å². The standard InChI is InChI=1S/C23H13ClN4O4/c24-18-10-16-15(9-17(18)19-11-25-27-26-19)21(29)28(22(16)30)20-8-13(6-7-14(20)23(31)32)12-4-2-1-3-5-12/h1-11H,(H,31,32)(H,25,26,27). The molecule has 0 saturated carbocycles. The number of carbonyl (C=O) groups excluding carboxylic acids is 2. The minimum absolute atomic E-state index is 0.00840. The molecule has 0 aliphatic carbocycles. The Bertz CT molecular complexity index is 1400. The Hall–Kier alpha value is -4.30. The molecule has 32 heavy (non-hydrogen) atoms. The summed E-state index contributed by atoms with van der Waals surface area (Å²) in [6.45, 7) is 0. The average molecular weight is 445 g/mol. The Morgan fingerprint density at radius 3 is 2.28 bits per heavy atom. The monoisotopic (exact) mass is 444 g/mol. The van der Waals surface area contributed by atoms with Gasteiger partial charge in [-0.2, -0.15) is 0 Å². The molecule has 156 valence electrons. The lowest BCUT2D eigenvalue weighted by Crippen LogP contribution is -2.31. The van der Waals surface area contributed by atoms with Gasteiger partial charge >= 0.3 is 5.97 Å². The molecule has 0 unspecified atom stereocenters. The Balaban J connectivity index is 1.65. The maximum Gasteiger partial charge on any atom is 0.337 e. The largest absolute Gasteiger partial charge is 0.478 e. The Morgan fingerprint density at radius 2 is 1.62 bits per heavy atom. The number of nitrogens with zero attached hydrogens (tertiary/aromatic N) is 3. The van der Waals surface area contributed by atoms with Gasteiger partial charge in [-0.3, -0.25) is 14.7 Å². The summed E-state index contributed by atoms with van der Waals surface area (Å²) in [7, 11) is 0. The zero-order valence-corrected chi connectivity index (χ0v) is 17.0. The minimum Gasteiger partial charge on any atom is -0.478 e. The number of carbonyl (C=O) groups is 3. The van der Waals surface area contributed by atoms with Gasteiger partial charge in [0.05, 0.1) is 39.3 Å². The van der Waals surface area contributed by atoms with Crippen molar-refractivity contribution in [2.45, 2.75) is 0 Å². The van der Waals surface area contributed by atoms with E-state index in [4.69, 9.17) is 11.6 Å². The molecule has 1 aliphatic heterocycles. The summed E-state index contributed by atoms with van der Waals surface area (Å²) < 4.78 is 0. The number of halogens is 1. The summed E-state index contributed by atoms with van der Waals surface area (Å²) in [4.78, 5) is 39.3. The molecule has 8 nitrogen and oxygen atoms in total. The number of fused-ring (bicyclic) bond motifs is 1. The van der Waals surface area contributed by atoms with Gasteiger partial charge in [-0.05, 0) is 35.4 Å². The molecule has 2 heterocycles. The summed E-state index contributed by atoms with van der Waals surface area (Å²) >= 11 is 6.34. The second-order valence-corrected chi connectivity index (χ2v) is 7.50. The number of carboxylic acid groups (broad SMARTS) is 1. The first-order chi connectivity index (χ1) is 15.5. The van der Waals surface area contributed by atoms with E-state index in [2.05, 4.69) is 15.4 Å². The Kier molecular flexibility index (Phi) is 4.57. The molecular formula is C23H13ClN4O4. The van der Waals surface area contributed by atoms with Crippen molar-refractivity contribution >= 4 is 35.1 Å². The molecule has 4 aromatic rings. The molecule has 0 spiro atoms. The van der Waals surface area contributed by atoms with Gasteiger partial charge in [0.2, 0.25) is 0 Å². The van der Waals surface area contributed by atoms with Gasteiger partial charge in [0.1, 0.15) is 0 Å². The lowest BCUT2D eigenvalue weighted by Gasteiger charge is -2.18. The molecule has 0 radical (unpaired) electrons. The summed E-state index contributed by atoms with van der Waals surface area (Å²) in [5.74, 6) is -2.53. The third-order valence-corrected chi connectivity index (χ3v) is 5.57. The summed E-state index contributed by atoms with van der Waals surface area (Å²) in [6.07, 6.45) is 1.44. The smallest absolute Gasteiger partial charge is 0.337 e. The van der Waals surface area contributed by atoms with E-state index in [1.54, 1.807) is 6.07 Å². The van der Waals surface area contributed by atoms with Crippen LogP contribution in [0.3, 0.4) is 0 Å². The van der Waals surface area contributed by atoms with Crippen molar-refractivity contribution in [1.29, 1.82) is 0 Å². The summed E-state index contributed by atoms with van der Waals surface area (Å²) in [5.41, 5.74) is 2.46. The van der Waals surface area contributed by atoms with Gasteiger partial charge < -0.3 is 5.11 Å². The van der Waals surface area contributed by atoms with Gasteiger partial charge in [0, 0.05) is 5.56 Å². The first-order valence-electron chi connectivity index (χ1n) is 9.47. The number of imide groups is 1. The molecule has 5 rings (SSSR count). The molecule has 2 amide bonds. The van der Waals surface area contributed by atoms with Gasteiger partial charge in [-0.15, -0.1) is 5.10 Å². The van der Waals surface area contributed by atoms with Gasteiger partial charge in [-0.1, -0.05) is 53.2 Å². The number of benzene rings is 3. The molecule has 2 N–H and O–H groups in total. The van der Waals surface area contributed by atoms with Crippen LogP contribution in [0.1, 0.15) is 31.1 Å². The zero-order chi connectivity index (χ0) is 22.4. The van der Waals surface area contributed by atoms with Crippen molar-refractivity contribution < 1.29 is 19.5 Å². The number of nitrogens with one attached hydrogen (secondary N) is 1. The number of aromatic amines is 1. The Morgan fingerprint density at radius 1 is 0.906 bits per heavy atom. The predicted molar refractivity (Wildman–Crippen MR) is 117 cm³/mol. The first-order valence-corrected chi connectivity index (χ1v) is 9.85. The fourth-order valence-corrected chi connectivity index (χ4v) is 3.99. The quantitative estimate of drug-likeness (QED) is 0.453. The highest BCUT2D eigenvalue weighted by Crippen LogP contribution is 2.38. The number of aromatic nitrogens is 3. The second kappa shape index (κ2) is 7.44. The van der Waals surface area contributed by atoms with Crippen LogP contribution in [0, 0.1) is 0 Å². The van der Waals surface area contributed by atoms with E-state index in [1.165, 1.54) is 30.5 Å². The van der Waals surface area contributed by atoms with Crippen LogP contribution in [0.25, 0.3) is 22.4 Å². The van der Waals surface area contributed by atoms with Crippen molar-refractivity contribution in [3.05, 3.63) is 88.6 Å². The SMILES string of the molecule is O=C(O)c1ccc(-c2ccccc2)cc1N1C(=O)c2cc(Cl)c(-c3cnn[nH]3)cc2C1=O. The first kappa shape index (κ1) is 19.7. The summed E-state index contributed by atoms with van der Waals surface area (Å²) in [6, 6.07) is 16.7. The minimum atomic E-state index is -1.25. The van der Waals surface area contributed by atoms with E-state index in [-0.39, 0.29) is 27.4 Å². The van der Waals surface area contributed by atoms with Crippen molar-refractivity contribution in [3.8, 4) is 22.4 Å². The number of hydrogen-bond acceptors (Lipinski definition) is 5. The molecule has 0 atom stereocenters. The zero-order valence-electron chi connectivity index (χ0n) is 16.2. The lowest BCUT2D eigenvalue weighted by molar-refractivity contribution is 0.0698. The Labute approximate surface area is 186 Å².